The second kappa shape index (κ2) is 14.7. The summed E-state index contributed by atoms with van der Waals surface area (Å²) in [7, 11) is 0. The molecule has 0 aliphatic rings. The zero-order valence-corrected chi connectivity index (χ0v) is 24.0. The van der Waals surface area contributed by atoms with Crippen LogP contribution in [0.15, 0.2) is 97.1 Å². The fourth-order valence-corrected chi connectivity index (χ4v) is 3.94. The fourth-order valence-electron chi connectivity index (χ4n) is 3.94. The molecular weight excluding hydrogens is 516 g/mol. The van der Waals surface area contributed by atoms with Gasteiger partial charge in [-0.15, -0.1) is 0 Å². The molecule has 0 unspecified atom stereocenters. The number of unbranched alkanes of at least 4 members (excludes halogenated alkanes) is 1. The molecule has 0 atom stereocenters. The normalized spacial score (nSPS) is 11.0. The molecule has 4 rings (SSSR count). The highest BCUT2D eigenvalue weighted by Gasteiger charge is 2.15. The molecule has 41 heavy (non-hydrogen) atoms. The molecule has 0 saturated heterocycles. The SMILES string of the molecule is CC(C)(C)OC(=O)NCCCCOc1ccc(-c2ccc(OCc3ccccc3)nc2OCc2ccccc2)cc1. The van der Waals surface area contributed by atoms with Crippen molar-refractivity contribution in [3.8, 4) is 28.6 Å². The Morgan fingerprint density at radius 3 is 2.00 bits per heavy atom. The van der Waals surface area contributed by atoms with E-state index in [2.05, 4.69) is 5.32 Å². The first kappa shape index (κ1) is 29.5. The number of nitrogens with zero attached hydrogens (tertiary/aromatic N) is 1. The second-order valence-electron chi connectivity index (χ2n) is 10.6. The van der Waals surface area contributed by atoms with Gasteiger partial charge in [0.25, 0.3) is 0 Å². The lowest BCUT2D eigenvalue weighted by atomic mass is 10.1. The molecule has 0 spiro atoms. The Labute approximate surface area is 242 Å². The number of hydrogen-bond acceptors (Lipinski definition) is 6. The van der Waals surface area contributed by atoms with Crippen molar-refractivity contribution in [1.82, 2.24) is 10.3 Å². The highest BCUT2D eigenvalue weighted by Crippen LogP contribution is 2.32. The Morgan fingerprint density at radius 2 is 1.37 bits per heavy atom. The molecule has 0 aliphatic carbocycles. The number of pyridine rings is 1. The summed E-state index contributed by atoms with van der Waals surface area (Å²) in [5.74, 6) is 1.78. The monoisotopic (exact) mass is 554 g/mol. The maximum absolute atomic E-state index is 11.7. The zero-order valence-electron chi connectivity index (χ0n) is 24.0. The Balaban J connectivity index is 1.34. The van der Waals surface area contributed by atoms with Gasteiger partial charge in [-0.1, -0.05) is 72.8 Å². The van der Waals surface area contributed by atoms with Crippen LogP contribution in [0.3, 0.4) is 0 Å². The molecular formula is C34H38N2O5. The van der Waals surface area contributed by atoms with E-state index in [-0.39, 0.29) is 0 Å². The van der Waals surface area contributed by atoms with Gasteiger partial charge in [0, 0.05) is 18.2 Å². The molecule has 214 valence electrons. The first-order valence-electron chi connectivity index (χ1n) is 13.9. The average molecular weight is 555 g/mol. The standard InChI is InChI=1S/C34H38N2O5/c1-34(2,3)41-33(37)35-22-10-11-23-38-29-18-16-28(17-19-29)30-20-21-31(39-24-26-12-6-4-7-13-26)36-32(30)40-25-27-14-8-5-9-15-27/h4-9,12-21H,10-11,22-25H2,1-3H3,(H,35,37). The first-order valence-corrected chi connectivity index (χ1v) is 13.9. The molecule has 0 fully saturated rings. The van der Waals surface area contributed by atoms with Crippen LogP contribution in [0.25, 0.3) is 11.1 Å². The molecule has 0 radical (unpaired) electrons. The quantitative estimate of drug-likeness (QED) is 0.172. The van der Waals surface area contributed by atoms with E-state index in [0.29, 0.717) is 38.1 Å². The summed E-state index contributed by atoms with van der Waals surface area (Å²) in [5.41, 5.74) is 3.46. The summed E-state index contributed by atoms with van der Waals surface area (Å²) in [6.07, 6.45) is 1.21. The third-order valence-corrected chi connectivity index (χ3v) is 5.96. The van der Waals surface area contributed by atoms with Crippen LogP contribution in [-0.2, 0) is 18.0 Å². The van der Waals surface area contributed by atoms with E-state index in [1.54, 1.807) is 0 Å². The smallest absolute Gasteiger partial charge is 0.407 e. The van der Waals surface area contributed by atoms with Crippen molar-refractivity contribution >= 4 is 6.09 Å². The minimum Gasteiger partial charge on any atom is -0.494 e. The van der Waals surface area contributed by atoms with Gasteiger partial charge in [0.1, 0.15) is 24.6 Å². The first-order chi connectivity index (χ1) is 19.9. The number of alkyl carbamates (subject to hydrolysis) is 1. The maximum Gasteiger partial charge on any atom is 0.407 e. The largest absolute Gasteiger partial charge is 0.494 e. The van der Waals surface area contributed by atoms with Crippen molar-refractivity contribution in [3.05, 3.63) is 108 Å². The van der Waals surface area contributed by atoms with Gasteiger partial charge in [-0.3, -0.25) is 0 Å². The molecule has 1 amide bonds. The Kier molecular flexibility index (Phi) is 10.6. The van der Waals surface area contributed by atoms with Crippen molar-refractivity contribution in [2.45, 2.75) is 52.4 Å². The number of carbonyl (C=O) groups is 1. The van der Waals surface area contributed by atoms with Crippen molar-refractivity contribution in [2.24, 2.45) is 0 Å². The minimum absolute atomic E-state index is 0.396. The summed E-state index contributed by atoms with van der Waals surface area (Å²) in [4.78, 5) is 16.4. The van der Waals surface area contributed by atoms with E-state index in [1.165, 1.54) is 0 Å². The highest BCUT2D eigenvalue weighted by atomic mass is 16.6. The molecule has 1 heterocycles. The number of carbonyl (C=O) groups excluding carboxylic acids is 1. The van der Waals surface area contributed by atoms with Crippen molar-refractivity contribution in [2.75, 3.05) is 13.2 Å². The van der Waals surface area contributed by atoms with Crippen LogP contribution in [0, 0.1) is 0 Å². The number of amides is 1. The van der Waals surface area contributed by atoms with E-state index in [9.17, 15) is 4.79 Å². The van der Waals surface area contributed by atoms with Gasteiger partial charge in [0.05, 0.1) is 6.61 Å². The Hall–Kier alpha value is -4.52. The lowest BCUT2D eigenvalue weighted by molar-refractivity contribution is 0.0526. The number of rotatable bonds is 13. The van der Waals surface area contributed by atoms with E-state index in [0.717, 1.165) is 40.8 Å². The lowest BCUT2D eigenvalue weighted by Crippen LogP contribution is -2.33. The van der Waals surface area contributed by atoms with Crippen molar-refractivity contribution in [3.63, 3.8) is 0 Å². The predicted octanol–water partition coefficient (Wildman–Crippen LogP) is 7.59. The molecule has 0 bridgehead atoms. The van der Waals surface area contributed by atoms with Crippen LogP contribution >= 0.6 is 0 Å². The van der Waals surface area contributed by atoms with Gasteiger partial charge in [0.15, 0.2) is 0 Å². The van der Waals surface area contributed by atoms with Gasteiger partial charge in [-0.05, 0) is 68.5 Å². The third kappa shape index (κ3) is 10.2. The van der Waals surface area contributed by atoms with E-state index in [1.807, 2.05) is 118 Å². The van der Waals surface area contributed by atoms with Gasteiger partial charge >= 0.3 is 6.09 Å². The minimum atomic E-state index is -0.498. The van der Waals surface area contributed by atoms with Gasteiger partial charge < -0.3 is 24.3 Å². The maximum atomic E-state index is 11.7. The second-order valence-corrected chi connectivity index (χ2v) is 10.6. The summed E-state index contributed by atoms with van der Waals surface area (Å²) in [5, 5.41) is 2.77. The molecule has 1 aromatic heterocycles. The number of ether oxygens (including phenoxy) is 4. The number of aromatic nitrogens is 1. The van der Waals surface area contributed by atoms with Crippen LogP contribution < -0.4 is 19.5 Å². The topological polar surface area (TPSA) is 78.9 Å². The summed E-state index contributed by atoms with van der Waals surface area (Å²) >= 11 is 0. The van der Waals surface area contributed by atoms with Crippen LogP contribution in [0.5, 0.6) is 17.5 Å². The van der Waals surface area contributed by atoms with Crippen LogP contribution in [-0.4, -0.2) is 29.8 Å². The summed E-state index contributed by atoms with van der Waals surface area (Å²) in [6, 6.07) is 31.7. The van der Waals surface area contributed by atoms with Crippen molar-refractivity contribution < 1.29 is 23.7 Å². The summed E-state index contributed by atoms with van der Waals surface area (Å²) in [6.45, 7) is 7.45. The molecule has 0 aliphatic heterocycles. The molecule has 4 aromatic rings. The molecule has 7 heteroatoms. The van der Waals surface area contributed by atoms with Crippen molar-refractivity contribution in [1.29, 1.82) is 0 Å². The van der Waals surface area contributed by atoms with Gasteiger partial charge in [-0.2, -0.15) is 4.98 Å². The third-order valence-electron chi connectivity index (χ3n) is 5.96. The van der Waals surface area contributed by atoms with Gasteiger partial charge in [0.2, 0.25) is 11.8 Å². The van der Waals surface area contributed by atoms with E-state index < -0.39 is 11.7 Å². The van der Waals surface area contributed by atoms with Crippen LogP contribution in [0.4, 0.5) is 4.79 Å². The molecule has 3 aromatic carbocycles. The predicted molar refractivity (Wildman–Crippen MR) is 160 cm³/mol. The lowest BCUT2D eigenvalue weighted by Gasteiger charge is -2.19. The average Bonchev–Trinajstić information content (AvgIpc) is 2.97. The summed E-state index contributed by atoms with van der Waals surface area (Å²) < 4.78 is 23.3. The van der Waals surface area contributed by atoms with Gasteiger partial charge in [-0.25, -0.2) is 4.79 Å². The van der Waals surface area contributed by atoms with Crippen LogP contribution in [0.1, 0.15) is 44.7 Å². The number of nitrogens with one attached hydrogen (secondary N) is 1. The van der Waals surface area contributed by atoms with Crippen LogP contribution in [0.2, 0.25) is 0 Å². The number of benzene rings is 3. The molecule has 0 saturated carbocycles. The van der Waals surface area contributed by atoms with E-state index >= 15 is 0 Å². The Morgan fingerprint density at radius 1 is 0.732 bits per heavy atom. The number of hydrogen-bond donors (Lipinski definition) is 1. The van der Waals surface area contributed by atoms with E-state index in [4.69, 9.17) is 23.9 Å². The molecule has 7 nitrogen and oxygen atoms in total. The highest BCUT2D eigenvalue weighted by molar-refractivity contribution is 5.69. The fraction of sp³-hybridized carbons (Fsp3) is 0.294. The molecule has 1 N–H and O–H groups in total. The zero-order chi connectivity index (χ0) is 28.9. The Bertz CT molecular complexity index is 1350.